The smallest absolute Gasteiger partial charge is 0.346 e. The van der Waals surface area contributed by atoms with Crippen LogP contribution in [0.2, 0.25) is 0 Å². The molecular formula is C10H12O4S. The summed E-state index contributed by atoms with van der Waals surface area (Å²) in [6.45, 7) is 3.92. The fourth-order valence-electron chi connectivity index (χ4n) is 1.31. The summed E-state index contributed by atoms with van der Waals surface area (Å²) in [6.07, 6.45) is 0.589. The van der Waals surface area contributed by atoms with Crippen molar-refractivity contribution in [3.05, 3.63) is 21.4 Å². The minimum absolute atomic E-state index is 0.0862. The Labute approximate surface area is 91.2 Å². The van der Waals surface area contributed by atoms with E-state index < -0.39 is 11.9 Å². The third kappa shape index (κ3) is 2.79. The Bertz CT molecular complexity index is 392. The highest BCUT2D eigenvalue weighted by Gasteiger charge is 2.18. The van der Waals surface area contributed by atoms with E-state index in [9.17, 15) is 9.59 Å². The van der Waals surface area contributed by atoms with Crippen molar-refractivity contribution in [3.8, 4) is 0 Å². The molecule has 0 fully saturated rings. The summed E-state index contributed by atoms with van der Waals surface area (Å²) < 4.78 is 0. The average Bonchev–Trinajstić information content (AvgIpc) is 2.46. The normalized spacial score (nSPS) is 10.6. The molecule has 1 rings (SSSR count). The van der Waals surface area contributed by atoms with Crippen LogP contribution in [-0.4, -0.2) is 22.2 Å². The zero-order valence-electron chi connectivity index (χ0n) is 8.48. The van der Waals surface area contributed by atoms with Gasteiger partial charge in [-0.05, 0) is 24.0 Å². The number of carboxylic acid groups (broad SMARTS) is 2. The lowest BCUT2D eigenvalue weighted by atomic mass is 10.0. The van der Waals surface area contributed by atoms with Crippen molar-refractivity contribution in [2.75, 3.05) is 0 Å². The molecule has 0 radical (unpaired) electrons. The third-order valence-corrected chi connectivity index (χ3v) is 3.00. The zero-order chi connectivity index (χ0) is 11.6. The van der Waals surface area contributed by atoms with Crippen LogP contribution >= 0.6 is 11.3 Å². The van der Waals surface area contributed by atoms with Gasteiger partial charge in [0.1, 0.15) is 9.75 Å². The fourth-order valence-corrected chi connectivity index (χ4v) is 2.18. The summed E-state index contributed by atoms with van der Waals surface area (Å²) in [5, 5.41) is 17.6. The maximum atomic E-state index is 10.9. The molecule has 0 bridgehead atoms. The second-order valence-electron chi connectivity index (χ2n) is 3.67. The van der Waals surface area contributed by atoms with Crippen molar-refractivity contribution in [2.24, 2.45) is 5.92 Å². The Kier molecular flexibility index (Phi) is 3.47. The third-order valence-electron chi connectivity index (χ3n) is 1.84. The Morgan fingerprint density at radius 3 is 2.33 bits per heavy atom. The molecule has 0 spiro atoms. The highest BCUT2D eigenvalue weighted by Crippen LogP contribution is 2.25. The molecule has 2 N–H and O–H groups in total. The van der Waals surface area contributed by atoms with E-state index in [4.69, 9.17) is 10.2 Å². The summed E-state index contributed by atoms with van der Waals surface area (Å²) in [4.78, 5) is 21.8. The molecule has 15 heavy (non-hydrogen) atoms. The molecule has 4 nitrogen and oxygen atoms in total. The highest BCUT2D eigenvalue weighted by molar-refractivity contribution is 7.15. The molecule has 0 atom stereocenters. The van der Waals surface area contributed by atoms with Crippen LogP contribution in [0.5, 0.6) is 0 Å². The lowest BCUT2D eigenvalue weighted by Crippen LogP contribution is -2.00. The summed E-state index contributed by atoms with van der Waals surface area (Å²) >= 11 is 0.819. The summed E-state index contributed by atoms with van der Waals surface area (Å²) in [6, 6.07) is 1.45. The monoisotopic (exact) mass is 228 g/mol. The topological polar surface area (TPSA) is 74.6 Å². The van der Waals surface area contributed by atoms with Crippen molar-refractivity contribution >= 4 is 23.3 Å². The minimum Gasteiger partial charge on any atom is -0.477 e. The van der Waals surface area contributed by atoms with Crippen molar-refractivity contribution in [3.63, 3.8) is 0 Å². The molecule has 0 saturated carbocycles. The van der Waals surface area contributed by atoms with Gasteiger partial charge in [-0.2, -0.15) is 0 Å². The van der Waals surface area contributed by atoms with Gasteiger partial charge in [0.05, 0.1) is 0 Å². The molecule has 1 aromatic heterocycles. The number of carbonyl (C=O) groups is 2. The van der Waals surface area contributed by atoms with Crippen LogP contribution in [-0.2, 0) is 6.42 Å². The first kappa shape index (κ1) is 11.7. The van der Waals surface area contributed by atoms with Gasteiger partial charge in [-0.15, -0.1) is 11.3 Å². The van der Waals surface area contributed by atoms with Gasteiger partial charge in [-0.1, -0.05) is 13.8 Å². The van der Waals surface area contributed by atoms with Gasteiger partial charge in [0.2, 0.25) is 0 Å². The molecule has 0 aliphatic carbocycles. The van der Waals surface area contributed by atoms with Gasteiger partial charge in [0.15, 0.2) is 0 Å². The molecule has 0 amide bonds. The van der Waals surface area contributed by atoms with E-state index in [1.54, 1.807) is 0 Å². The fraction of sp³-hybridized carbons (Fsp3) is 0.400. The first-order valence-corrected chi connectivity index (χ1v) is 5.32. The number of carboxylic acids is 2. The molecule has 0 saturated heterocycles. The molecule has 1 aromatic rings. The van der Waals surface area contributed by atoms with Crippen LogP contribution in [0.1, 0.15) is 38.8 Å². The first-order valence-electron chi connectivity index (χ1n) is 4.51. The molecule has 1 heterocycles. The van der Waals surface area contributed by atoms with Gasteiger partial charge < -0.3 is 10.2 Å². The van der Waals surface area contributed by atoms with Gasteiger partial charge in [-0.3, -0.25) is 0 Å². The highest BCUT2D eigenvalue weighted by atomic mass is 32.1. The van der Waals surface area contributed by atoms with Crippen LogP contribution in [0, 0.1) is 5.92 Å². The van der Waals surface area contributed by atoms with E-state index in [1.807, 2.05) is 13.8 Å². The van der Waals surface area contributed by atoms with Crippen LogP contribution in [0.25, 0.3) is 0 Å². The van der Waals surface area contributed by atoms with E-state index in [-0.39, 0.29) is 9.75 Å². The van der Waals surface area contributed by atoms with E-state index in [0.29, 0.717) is 17.9 Å². The Morgan fingerprint density at radius 2 is 1.93 bits per heavy atom. The Hall–Kier alpha value is -1.36. The summed E-state index contributed by atoms with van der Waals surface area (Å²) in [5.74, 6) is -1.82. The van der Waals surface area contributed by atoms with Crippen LogP contribution < -0.4 is 0 Å². The van der Waals surface area contributed by atoms with Gasteiger partial charge in [0.25, 0.3) is 0 Å². The molecule has 82 valence electrons. The number of rotatable bonds is 4. The Morgan fingerprint density at radius 1 is 1.33 bits per heavy atom. The number of hydrogen-bond acceptors (Lipinski definition) is 3. The molecule has 0 aliphatic heterocycles. The molecule has 0 unspecified atom stereocenters. The second-order valence-corrected chi connectivity index (χ2v) is 4.73. The van der Waals surface area contributed by atoms with Gasteiger partial charge >= 0.3 is 11.9 Å². The quantitative estimate of drug-likeness (QED) is 0.829. The summed E-state index contributed by atoms with van der Waals surface area (Å²) in [7, 11) is 0. The predicted octanol–water partition coefficient (Wildman–Crippen LogP) is 2.34. The lowest BCUT2D eigenvalue weighted by molar-refractivity contribution is 0.0692. The van der Waals surface area contributed by atoms with E-state index in [2.05, 4.69) is 0 Å². The Balaban J connectivity index is 3.11. The predicted molar refractivity (Wildman–Crippen MR) is 56.8 cm³/mol. The van der Waals surface area contributed by atoms with Crippen LogP contribution in [0.3, 0.4) is 0 Å². The first-order chi connectivity index (χ1) is 6.91. The average molecular weight is 228 g/mol. The number of thiophene rings is 1. The standard InChI is InChI=1S/C10H12O4S/c1-5(2)3-6-4-7(9(11)12)15-8(6)10(13)14/h4-5H,3H2,1-2H3,(H,11,12)(H,13,14). The summed E-state index contributed by atoms with van der Waals surface area (Å²) in [5.41, 5.74) is 0.611. The molecule has 5 heteroatoms. The molecule has 0 aromatic carbocycles. The SMILES string of the molecule is CC(C)Cc1cc(C(=O)O)sc1C(=O)O. The molecular weight excluding hydrogens is 216 g/mol. The molecule has 0 aliphatic rings. The minimum atomic E-state index is -1.07. The lowest BCUT2D eigenvalue weighted by Gasteiger charge is -2.02. The van der Waals surface area contributed by atoms with Crippen molar-refractivity contribution in [2.45, 2.75) is 20.3 Å². The van der Waals surface area contributed by atoms with Crippen molar-refractivity contribution < 1.29 is 19.8 Å². The van der Waals surface area contributed by atoms with Crippen molar-refractivity contribution in [1.82, 2.24) is 0 Å². The van der Waals surface area contributed by atoms with Gasteiger partial charge in [0, 0.05) is 0 Å². The van der Waals surface area contributed by atoms with Gasteiger partial charge in [-0.25, -0.2) is 9.59 Å². The largest absolute Gasteiger partial charge is 0.477 e. The second kappa shape index (κ2) is 4.44. The van der Waals surface area contributed by atoms with E-state index >= 15 is 0 Å². The maximum absolute atomic E-state index is 10.9. The van der Waals surface area contributed by atoms with Crippen LogP contribution in [0.4, 0.5) is 0 Å². The van der Waals surface area contributed by atoms with E-state index in [1.165, 1.54) is 6.07 Å². The van der Waals surface area contributed by atoms with Crippen molar-refractivity contribution in [1.29, 1.82) is 0 Å². The van der Waals surface area contributed by atoms with E-state index in [0.717, 1.165) is 11.3 Å². The number of hydrogen-bond donors (Lipinski definition) is 2. The number of aromatic carboxylic acids is 2. The maximum Gasteiger partial charge on any atom is 0.346 e. The zero-order valence-corrected chi connectivity index (χ0v) is 9.30. The van der Waals surface area contributed by atoms with Crippen LogP contribution in [0.15, 0.2) is 6.07 Å².